The van der Waals surface area contributed by atoms with Crippen LogP contribution < -0.4 is 0 Å². The molecule has 4 aromatic heterocycles. The van der Waals surface area contributed by atoms with E-state index in [1.807, 2.05) is 42.5 Å². The highest BCUT2D eigenvalue weighted by molar-refractivity contribution is 5.78. The number of hydrogen-bond acceptors (Lipinski definition) is 4. The van der Waals surface area contributed by atoms with Crippen molar-refractivity contribution in [2.24, 2.45) is 0 Å². The first-order valence-corrected chi connectivity index (χ1v) is 18.5. The summed E-state index contributed by atoms with van der Waals surface area (Å²) < 4.78 is 0. The average Bonchev–Trinajstić information content (AvgIpc) is 4.13. The topological polar surface area (TPSA) is 115 Å². The van der Waals surface area contributed by atoms with Crippen molar-refractivity contribution in [3.63, 3.8) is 0 Å². The summed E-state index contributed by atoms with van der Waals surface area (Å²) in [6.45, 7) is 0. The summed E-state index contributed by atoms with van der Waals surface area (Å²) in [5.41, 5.74) is 18.2. The van der Waals surface area contributed by atoms with Crippen LogP contribution in [0.1, 0.15) is 0 Å². The van der Waals surface area contributed by atoms with Gasteiger partial charge in [-0.25, -0.2) is 0 Å². The quantitative estimate of drug-likeness (QED) is 0.119. The Morgan fingerprint density at radius 3 is 0.929 bits per heavy atom. The fourth-order valence-corrected chi connectivity index (χ4v) is 7.06. The van der Waals surface area contributed by atoms with Crippen molar-refractivity contribution >= 4 is 0 Å². The molecule has 4 N–H and O–H groups in total. The van der Waals surface area contributed by atoms with E-state index in [-0.39, 0.29) is 0 Å². The van der Waals surface area contributed by atoms with Crippen LogP contribution >= 0.6 is 0 Å². The van der Waals surface area contributed by atoms with E-state index in [0.717, 1.165) is 101 Å². The normalized spacial score (nSPS) is 11.2. The third-order valence-corrected chi connectivity index (χ3v) is 10.1. The van der Waals surface area contributed by atoms with Crippen LogP contribution in [0.4, 0.5) is 0 Å². The van der Waals surface area contributed by atoms with Crippen LogP contribution in [0.25, 0.3) is 101 Å². The number of rotatable bonds is 9. The molecule has 0 amide bonds. The summed E-state index contributed by atoms with van der Waals surface area (Å²) in [4.78, 5) is 0. The van der Waals surface area contributed by atoms with Gasteiger partial charge in [-0.05, 0) is 64.2 Å². The summed E-state index contributed by atoms with van der Waals surface area (Å²) in [6, 6.07) is 62.6. The van der Waals surface area contributed by atoms with E-state index in [1.54, 1.807) is 0 Å². The van der Waals surface area contributed by atoms with Crippen molar-refractivity contribution in [3.05, 3.63) is 182 Å². The Hall–Kier alpha value is -7.84. The maximum atomic E-state index is 4.66. The first kappa shape index (κ1) is 32.8. The zero-order valence-electron chi connectivity index (χ0n) is 30.1. The molecule has 10 rings (SSSR count). The van der Waals surface area contributed by atoms with Crippen LogP contribution in [-0.4, -0.2) is 40.8 Å². The van der Waals surface area contributed by atoms with Gasteiger partial charge in [-0.3, -0.25) is 20.4 Å². The van der Waals surface area contributed by atoms with Crippen LogP contribution in [0.2, 0.25) is 0 Å². The molecular formula is C48H34N8. The van der Waals surface area contributed by atoms with Gasteiger partial charge in [0.1, 0.15) is 0 Å². The number of hydrogen-bond donors (Lipinski definition) is 4. The second kappa shape index (κ2) is 14.2. The lowest BCUT2D eigenvalue weighted by Crippen LogP contribution is -1.82. The highest BCUT2D eigenvalue weighted by Gasteiger charge is 2.13. The lowest BCUT2D eigenvalue weighted by atomic mass is 10.00. The molecule has 0 unspecified atom stereocenters. The van der Waals surface area contributed by atoms with E-state index >= 15 is 0 Å². The predicted octanol–water partition coefficient (Wildman–Crippen LogP) is 11.6. The van der Waals surface area contributed by atoms with Gasteiger partial charge in [-0.15, -0.1) is 0 Å². The van der Waals surface area contributed by atoms with Gasteiger partial charge in [0.05, 0.1) is 45.6 Å². The number of benzene rings is 6. The van der Waals surface area contributed by atoms with Crippen LogP contribution in [-0.2, 0) is 0 Å². The highest BCUT2D eigenvalue weighted by atomic mass is 15.1. The molecule has 6 aromatic carbocycles. The third-order valence-electron chi connectivity index (χ3n) is 10.1. The Labute approximate surface area is 323 Å². The Bertz CT molecular complexity index is 2700. The fraction of sp³-hybridized carbons (Fsp3) is 0. The minimum absolute atomic E-state index is 0.880. The molecule has 0 fully saturated rings. The highest BCUT2D eigenvalue weighted by Crippen LogP contribution is 2.33. The summed E-state index contributed by atoms with van der Waals surface area (Å²) >= 11 is 0. The molecule has 0 aliphatic carbocycles. The van der Waals surface area contributed by atoms with Gasteiger partial charge in [0.15, 0.2) is 0 Å². The molecule has 0 atom stereocenters. The monoisotopic (exact) mass is 722 g/mol. The molecule has 0 aliphatic heterocycles. The van der Waals surface area contributed by atoms with Gasteiger partial charge < -0.3 is 0 Å². The molecule has 0 radical (unpaired) electrons. The van der Waals surface area contributed by atoms with Gasteiger partial charge in [-0.1, -0.05) is 146 Å². The fourth-order valence-electron chi connectivity index (χ4n) is 7.06. The van der Waals surface area contributed by atoms with E-state index in [4.69, 9.17) is 0 Å². The summed E-state index contributed by atoms with van der Waals surface area (Å²) in [5, 5.41) is 31.3. The van der Waals surface area contributed by atoms with Crippen LogP contribution in [0, 0.1) is 0 Å². The molecular weight excluding hydrogens is 689 g/mol. The number of aromatic amines is 4. The van der Waals surface area contributed by atoms with Crippen molar-refractivity contribution in [1.29, 1.82) is 0 Å². The summed E-state index contributed by atoms with van der Waals surface area (Å²) in [5.74, 6) is 0. The number of H-pyrrole nitrogens is 4. The van der Waals surface area contributed by atoms with Gasteiger partial charge in [0, 0.05) is 27.8 Å². The molecule has 56 heavy (non-hydrogen) atoms. The Kier molecular flexibility index (Phi) is 8.31. The second-order valence-corrected chi connectivity index (χ2v) is 13.7. The molecule has 0 saturated heterocycles. The smallest absolute Gasteiger partial charge is 0.0927 e. The van der Waals surface area contributed by atoms with E-state index in [9.17, 15) is 0 Å². The van der Waals surface area contributed by atoms with Crippen molar-refractivity contribution < 1.29 is 0 Å². The number of nitrogens with zero attached hydrogens (tertiary/aromatic N) is 4. The Balaban J connectivity index is 0.816. The van der Waals surface area contributed by atoms with E-state index in [2.05, 4.69) is 180 Å². The maximum absolute atomic E-state index is 4.66. The Morgan fingerprint density at radius 2 is 0.500 bits per heavy atom. The standard InChI is InChI=1S/C48H34N8/c1-3-9-33(10-4-1)41-27-45(53-49-41)37-13-7-15-39(25-37)47-29-43(51-55-47)35-21-17-31(18-22-35)32-19-23-36(24-20-32)44-30-48(56-52-44)40-16-8-14-38(26-40)46-28-42(50-54-46)34-11-5-2-6-12-34/h1-30H,(H,49,53)(H,50,54)(H,51,55)(H,52,56). The minimum atomic E-state index is 0.880. The Morgan fingerprint density at radius 1 is 0.214 bits per heavy atom. The van der Waals surface area contributed by atoms with Crippen LogP contribution in [0.15, 0.2) is 182 Å². The van der Waals surface area contributed by atoms with E-state index in [0.29, 0.717) is 0 Å². The second-order valence-electron chi connectivity index (χ2n) is 13.7. The molecule has 266 valence electrons. The SMILES string of the molecule is c1ccc(-c2cc(-c3cccc(-c4cc(-c5ccc(-c6ccc(-c7cc(-c8cccc(-c9cc(-c%10ccccc%10)[nH]n9)c8)n[nH]7)cc6)cc5)[nH]n4)c3)[nH]n2)cc1. The van der Waals surface area contributed by atoms with Gasteiger partial charge in [0.25, 0.3) is 0 Å². The number of nitrogens with one attached hydrogen (secondary N) is 4. The number of aromatic nitrogens is 8. The van der Waals surface area contributed by atoms with E-state index in [1.165, 1.54) is 0 Å². The van der Waals surface area contributed by atoms with Gasteiger partial charge in [0.2, 0.25) is 0 Å². The van der Waals surface area contributed by atoms with Crippen molar-refractivity contribution in [2.45, 2.75) is 0 Å². The van der Waals surface area contributed by atoms with E-state index < -0.39 is 0 Å². The average molecular weight is 723 g/mol. The minimum Gasteiger partial charge on any atom is -0.277 e. The van der Waals surface area contributed by atoms with Gasteiger partial charge in [-0.2, -0.15) is 20.4 Å². The molecule has 10 aromatic rings. The first-order chi connectivity index (χ1) is 27.7. The van der Waals surface area contributed by atoms with Gasteiger partial charge >= 0.3 is 0 Å². The zero-order valence-corrected chi connectivity index (χ0v) is 30.1. The van der Waals surface area contributed by atoms with Crippen molar-refractivity contribution in [2.75, 3.05) is 0 Å². The molecule has 0 bridgehead atoms. The van der Waals surface area contributed by atoms with Crippen LogP contribution in [0.3, 0.4) is 0 Å². The molecule has 8 heteroatoms. The summed E-state index contributed by atoms with van der Waals surface area (Å²) in [6.07, 6.45) is 0. The molecule has 0 spiro atoms. The molecule has 0 aliphatic rings. The summed E-state index contributed by atoms with van der Waals surface area (Å²) in [7, 11) is 0. The zero-order chi connectivity index (χ0) is 37.3. The lowest BCUT2D eigenvalue weighted by molar-refractivity contribution is 1.10. The first-order valence-electron chi connectivity index (χ1n) is 18.5. The van der Waals surface area contributed by atoms with Crippen molar-refractivity contribution in [3.8, 4) is 101 Å². The molecule has 0 saturated carbocycles. The maximum Gasteiger partial charge on any atom is 0.0927 e. The van der Waals surface area contributed by atoms with Crippen LogP contribution in [0.5, 0.6) is 0 Å². The molecule has 4 heterocycles. The lowest BCUT2D eigenvalue weighted by Gasteiger charge is -2.05. The molecule has 8 nitrogen and oxygen atoms in total. The van der Waals surface area contributed by atoms with Crippen molar-refractivity contribution in [1.82, 2.24) is 40.8 Å². The predicted molar refractivity (Wildman–Crippen MR) is 224 cm³/mol. The third kappa shape index (κ3) is 6.52. The largest absolute Gasteiger partial charge is 0.277 e.